The molecule has 2 aromatic rings. The Morgan fingerprint density at radius 3 is 2.64 bits per heavy atom. The minimum atomic E-state index is -3.62. The van der Waals surface area contributed by atoms with E-state index in [-0.39, 0.29) is 16.7 Å². The lowest BCUT2D eigenvalue weighted by Crippen LogP contribution is -2.36. The summed E-state index contributed by atoms with van der Waals surface area (Å²) in [4.78, 5) is 14.4. The van der Waals surface area contributed by atoms with E-state index in [4.69, 9.17) is 0 Å². The zero-order valence-corrected chi connectivity index (χ0v) is 17.7. The van der Waals surface area contributed by atoms with Crippen molar-refractivity contribution < 1.29 is 13.2 Å². The van der Waals surface area contributed by atoms with Crippen molar-refractivity contribution in [3.63, 3.8) is 0 Å². The number of nitrogens with one attached hydrogen (secondary N) is 2. The molecule has 3 rings (SSSR count). The van der Waals surface area contributed by atoms with Crippen LogP contribution in [0.3, 0.4) is 0 Å². The van der Waals surface area contributed by atoms with E-state index in [1.807, 2.05) is 12.1 Å². The van der Waals surface area contributed by atoms with E-state index in [1.165, 1.54) is 24.5 Å². The summed E-state index contributed by atoms with van der Waals surface area (Å²) in [6.07, 6.45) is 2.58. The fraction of sp³-hybridized carbons (Fsp3) is 0.450. The highest BCUT2D eigenvalue weighted by Gasteiger charge is 2.17. The first kappa shape index (κ1) is 21.0. The van der Waals surface area contributed by atoms with Gasteiger partial charge in [-0.1, -0.05) is 37.3 Å². The van der Waals surface area contributed by atoms with Crippen LogP contribution in [0.5, 0.6) is 0 Å². The van der Waals surface area contributed by atoms with Gasteiger partial charge >= 0.3 is 0 Å². The molecule has 1 saturated heterocycles. The van der Waals surface area contributed by atoms with Crippen LogP contribution in [0.4, 0.5) is 0 Å². The van der Waals surface area contributed by atoms with Gasteiger partial charge in [0, 0.05) is 19.6 Å². The summed E-state index contributed by atoms with van der Waals surface area (Å²) in [5, 5.41) is 4.44. The molecule has 6 nitrogen and oxygen atoms in total. The molecule has 0 aliphatic carbocycles. The van der Waals surface area contributed by atoms with Crippen molar-refractivity contribution in [2.75, 3.05) is 19.6 Å². The maximum Gasteiger partial charge on any atom is 0.250 e. The summed E-state index contributed by atoms with van der Waals surface area (Å²) in [5.74, 6) is 0.409. The minimum Gasteiger partial charge on any atom is -0.351 e. The molecule has 1 aliphatic rings. The number of hydrogen-bond donors (Lipinski definition) is 2. The van der Waals surface area contributed by atoms with E-state index in [1.54, 1.807) is 11.4 Å². The molecule has 2 N–H and O–H groups in total. The van der Waals surface area contributed by atoms with Crippen LogP contribution in [0.15, 0.2) is 46.0 Å². The predicted octanol–water partition coefficient (Wildman–Crippen LogP) is 2.57. The molecule has 1 unspecified atom stereocenters. The Morgan fingerprint density at radius 1 is 1.21 bits per heavy atom. The number of carbonyl (C=O) groups is 1. The number of sulfonamides is 1. The fourth-order valence-electron chi connectivity index (χ4n) is 3.36. The molecule has 1 aromatic heterocycles. The molecule has 0 saturated carbocycles. The van der Waals surface area contributed by atoms with Crippen molar-refractivity contribution in [2.24, 2.45) is 5.92 Å². The summed E-state index contributed by atoms with van der Waals surface area (Å²) in [5.41, 5.74) is 2.26. The number of thiophene rings is 1. The minimum absolute atomic E-state index is 0.207. The van der Waals surface area contributed by atoms with Crippen LogP contribution in [-0.2, 0) is 27.9 Å². The van der Waals surface area contributed by atoms with Crippen molar-refractivity contribution >= 4 is 27.3 Å². The van der Waals surface area contributed by atoms with Gasteiger partial charge < -0.3 is 5.32 Å². The summed E-state index contributed by atoms with van der Waals surface area (Å²) in [7, 11) is -3.62. The molecule has 1 aromatic carbocycles. The third kappa shape index (κ3) is 6.13. The third-order valence-corrected chi connectivity index (χ3v) is 7.64. The van der Waals surface area contributed by atoms with Crippen LogP contribution in [0.1, 0.15) is 30.9 Å². The van der Waals surface area contributed by atoms with Gasteiger partial charge in [-0.25, -0.2) is 13.1 Å². The van der Waals surface area contributed by atoms with Gasteiger partial charge in [0.1, 0.15) is 4.21 Å². The Kier molecular flexibility index (Phi) is 7.23. The van der Waals surface area contributed by atoms with Gasteiger partial charge in [-0.3, -0.25) is 9.69 Å². The number of nitrogens with zero attached hydrogens (tertiary/aromatic N) is 1. The van der Waals surface area contributed by atoms with Crippen molar-refractivity contribution in [3.05, 3.63) is 52.9 Å². The normalized spacial score (nSPS) is 18.1. The molecule has 28 heavy (non-hydrogen) atoms. The monoisotopic (exact) mass is 421 g/mol. The number of piperidine rings is 1. The van der Waals surface area contributed by atoms with E-state index >= 15 is 0 Å². The van der Waals surface area contributed by atoms with Gasteiger partial charge in [-0.2, -0.15) is 0 Å². The lowest BCUT2D eigenvalue weighted by molar-refractivity contribution is -0.120. The lowest BCUT2D eigenvalue weighted by atomic mass is 9.99. The topological polar surface area (TPSA) is 78.5 Å². The fourth-order valence-corrected chi connectivity index (χ4v) is 5.38. The number of likely N-dealkylation sites (tertiary alicyclic amines) is 1. The Bertz CT molecular complexity index is 865. The average molecular weight is 422 g/mol. The molecule has 1 atom stereocenters. The van der Waals surface area contributed by atoms with E-state index < -0.39 is 10.0 Å². The number of benzene rings is 1. The molecular formula is C20H27N3O3S2. The molecule has 1 aliphatic heterocycles. The standard InChI is InChI=1S/C20H27N3O3S2/c1-16-4-2-10-23(14-16)15-18-8-6-17(7-9-18)12-21-19(24)13-22-28(25,26)20-5-3-11-27-20/h3,5-9,11,16,22H,2,4,10,12-15H2,1H3,(H,21,24). The number of rotatable bonds is 8. The summed E-state index contributed by atoms with van der Waals surface area (Å²) < 4.78 is 26.5. The second-order valence-electron chi connectivity index (χ2n) is 7.33. The quantitative estimate of drug-likeness (QED) is 0.687. The Hall–Kier alpha value is -1.74. The highest BCUT2D eigenvalue weighted by atomic mass is 32.2. The van der Waals surface area contributed by atoms with Crippen LogP contribution in [-0.4, -0.2) is 38.9 Å². The van der Waals surface area contributed by atoms with Crippen LogP contribution in [0, 0.1) is 5.92 Å². The molecular weight excluding hydrogens is 394 g/mol. The highest BCUT2D eigenvalue weighted by molar-refractivity contribution is 7.91. The Morgan fingerprint density at radius 2 is 1.96 bits per heavy atom. The molecule has 152 valence electrons. The first-order valence-electron chi connectivity index (χ1n) is 9.52. The van der Waals surface area contributed by atoms with Gasteiger partial charge in [0.15, 0.2) is 0 Å². The maximum atomic E-state index is 12.0. The van der Waals surface area contributed by atoms with E-state index in [9.17, 15) is 13.2 Å². The van der Waals surface area contributed by atoms with Crippen LogP contribution >= 0.6 is 11.3 Å². The third-order valence-electron chi connectivity index (χ3n) is 4.84. The van der Waals surface area contributed by atoms with Gasteiger partial charge in [0.05, 0.1) is 6.54 Å². The number of carbonyl (C=O) groups excluding carboxylic acids is 1. The van der Waals surface area contributed by atoms with Gasteiger partial charge in [0.25, 0.3) is 10.0 Å². The number of amides is 1. The van der Waals surface area contributed by atoms with Gasteiger partial charge in [-0.05, 0) is 47.9 Å². The Balaban J connectivity index is 1.42. The smallest absolute Gasteiger partial charge is 0.250 e. The molecule has 1 amide bonds. The molecule has 2 heterocycles. The lowest BCUT2D eigenvalue weighted by Gasteiger charge is -2.30. The van der Waals surface area contributed by atoms with Gasteiger partial charge in [-0.15, -0.1) is 11.3 Å². The van der Waals surface area contributed by atoms with Crippen molar-refractivity contribution in [2.45, 2.75) is 37.1 Å². The second-order valence-corrected chi connectivity index (χ2v) is 10.3. The summed E-state index contributed by atoms with van der Waals surface area (Å²) in [6, 6.07) is 11.4. The zero-order chi connectivity index (χ0) is 20.0. The van der Waals surface area contributed by atoms with Gasteiger partial charge in [0.2, 0.25) is 5.91 Å². The molecule has 0 radical (unpaired) electrons. The van der Waals surface area contributed by atoms with Crippen LogP contribution in [0.2, 0.25) is 0 Å². The first-order chi connectivity index (χ1) is 13.4. The Labute approximate surface area is 171 Å². The maximum absolute atomic E-state index is 12.0. The highest BCUT2D eigenvalue weighted by Crippen LogP contribution is 2.18. The second kappa shape index (κ2) is 9.65. The van der Waals surface area contributed by atoms with Crippen molar-refractivity contribution in [1.82, 2.24) is 14.9 Å². The molecule has 1 fully saturated rings. The zero-order valence-electron chi connectivity index (χ0n) is 16.1. The number of hydrogen-bond acceptors (Lipinski definition) is 5. The van der Waals surface area contributed by atoms with Crippen LogP contribution in [0.25, 0.3) is 0 Å². The molecule has 0 bridgehead atoms. The van der Waals surface area contributed by atoms with E-state index in [2.05, 4.69) is 34.0 Å². The molecule has 8 heteroatoms. The summed E-state index contributed by atoms with van der Waals surface area (Å²) >= 11 is 1.12. The largest absolute Gasteiger partial charge is 0.351 e. The first-order valence-corrected chi connectivity index (χ1v) is 11.9. The van der Waals surface area contributed by atoms with Crippen molar-refractivity contribution in [1.29, 1.82) is 0 Å². The predicted molar refractivity (Wildman–Crippen MR) is 111 cm³/mol. The average Bonchev–Trinajstić information content (AvgIpc) is 3.22. The van der Waals surface area contributed by atoms with E-state index in [0.29, 0.717) is 6.54 Å². The van der Waals surface area contributed by atoms with E-state index in [0.717, 1.165) is 42.5 Å². The SMILES string of the molecule is CC1CCCN(Cc2ccc(CNC(=O)CNS(=O)(=O)c3cccs3)cc2)C1. The van der Waals surface area contributed by atoms with Crippen molar-refractivity contribution in [3.8, 4) is 0 Å². The summed E-state index contributed by atoms with van der Waals surface area (Å²) in [6.45, 7) is 5.68. The molecule has 0 spiro atoms. The van der Waals surface area contributed by atoms with Crippen LogP contribution < -0.4 is 10.0 Å².